The maximum Gasteiger partial charge on any atom is 0.330 e. The van der Waals surface area contributed by atoms with Crippen molar-refractivity contribution in [3.8, 4) is 17.8 Å². The molecule has 0 saturated carbocycles. The van der Waals surface area contributed by atoms with Crippen LogP contribution in [0.2, 0.25) is 0 Å². The predicted octanol–water partition coefficient (Wildman–Crippen LogP) is 1.62. The fourth-order valence-electron chi connectivity index (χ4n) is 1.44. The maximum absolute atomic E-state index is 5.54. The maximum atomic E-state index is 5.54. The lowest BCUT2D eigenvalue weighted by atomic mass is 10.5. The van der Waals surface area contributed by atoms with Crippen molar-refractivity contribution in [1.29, 1.82) is 0 Å². The van der Waals surface area contributed by atoms with Crippen LogP contribution in [0.4, 0.5) is 5.95 Å². The number of anilines is 1. The van der Waals surface area contributed by atoms with E-state index in [2.05, 4.69) is 25.4 Å². The molecule has 0 amide bonds. The molecule has 0 bridgehead atoms. The Kier molecular flexibility index (Phi) is 4.34. The van der Waals surface area contributed by atoms with Crippen LogP contribution < -0.4 is 14.8 Å². The van der Waals surface area contributed by atoms with E-state index in [-0.39, 0.29) is 18.1 Å². The Balaban J connectivity index is 2.23. The van der Waals surface area contributed by atoms with Gasteiger partial charge in [0, 0.05) is 13.6 Å². The summed E-state index contributed by atoms with van der Waals surface area (Å²) in [5.41, 5.74) is 0. The number of aryl methyl sites for hydroxylation is 1. The summed E-state index contributed by atoms with van der Waals surface area (Å²) in [6.45, 7) is 6.45. The molecule has 0 saturated heterocycles. The summed E-state index contributed by atoms with van der Waals surface area (Å²) >= 11 is 0. The van der Waals surface area contributed by atoms with Gasteiger partial charge in [0.1, 0.15) is 0 Å². The molecule has 8 nitrogen and oxygen atoms in total. The van der Waals surface area contributed by atoms with Crippen molar-refractivity contribution in [2.24, 2.45) is 7.05 Å². The zero-order chi connectivity index (χ0) is 14.5. The van der Waals surface area contributed by atoms with Crippen LogP contribution in [0.1, 0.15) is 20.8 Å². The van der Waals surface area contributed by atoms with Crippen LogP contribution in [-0.4, -0.2) is 37.4 Å². The lowest BCUT2D eigenvalue weighted by Crippen LogP contribution is -2.12. The van der Waals surface area contributed by atoms with E-state index >= 15 is 0 Å². The molecule has 8 heteroatoms. The van der Waals surface area contributed by atoms with Gasteiger partial charge in [-0.2, -0.15) is 15.1 Å². The zero-order valence-corrected chi connectivity index (χ0v) is 12.0. The molecular weight excluding hydrogens is 260 g/mol. The van der Waals surface area contributed by atoms with Crippen LogP contribution in [0.5, 0.6) is 17.8 Å². The standard InChI is InChI=1S/C12H18N6O2/c1-5-13-10-15-11(19-8(2)3)17-12(16-10)20-9-6-14-18(4)7-9/h6-8H,5H2,1-4H3,(H,13,15,16,17). The third-order valence-electron chi connectivity index (χ3n) is 2.16. The van der Waals surface area contributed by atoms with Gasteiger partial charge in [0.05, 0.1) is 18.5 Å². The first-order chi connectivity index (χ1) is 9.56. The minimum absolute atomic E-state index is 0.0295. The van der Waals surface area contributed by atoms with Crippen molar-refractivity contribution in [1.82, 2.24) is 24.7 Å². The summed E-state index contributed by atoms with van der Waals surface area (Å²) in [7, 11) is 1.80. The second-order valence-electron chi connectivity index (χ2n) is 4.37. The first-order valence-electron chi connectivity index (χ1n) is 6.40. The molecule has 0 aliphatic rings. The number of hydrogen-bond acceptors (Lipinski definition) is 7. The molecule has 0 radical (unpaired) electrons. The molecule has 0 atom stereocenters. The van der Waals surface area contributed by atoms with E-state index in [1.165, 1.54) is 0 Å². The molecule has 20 heavy (non-hydrogen) atoms. The third kappa shape index (κ3) is 3.81. The highest BCUT2D eigenvalue weighted by molar-refractivity contribution is 5.28. The predicted molar refractivity (Wildman–Crippen MR) is 73.0 cm³/mol. The first kappa shape index (κ1) is 14.0. The highest BCUT2D eigenvalue weighted by atomic mass is 16.5. The summed E-state index contributed by atoms with van der Waals surface area (Å²) in [6, 6.07) is 0.393. The normalized spacial score (nSPS) is 10.7. The number of aromatic nitrogens is 5. The Morgan fingerprint density at radius 1 is 1.25 bits per heavy atom. The Bertz CT molecular complexity index is 569. The van der Waals surface area contributed by atoms with Crippen LogP contribution in [0.3, 0.4) is 0 Å². The summed E-state index contributed by atoms with van der Waals surface area (Å²) in [5.74, 6) is 0.966. The van der Waals surface area contributed by atoms with Crippen LogP contribution in [0.25, 0.3) is 0 Å². The average molecular weight is 278 g/mol. The molecule has 1 N–H and O–H groups in total. The zero-order valence-electron chi connectivity index (χ0n) is 12.0. The Labute approximate surface area is 117 Å². The topological polar surface area (TPSA) is 87.0 Å². The van der Waals surface area contributed by atoms with E-state index in [0.717, 1.165) is 0 Å². The molecule has 2 aromatic rings. The van der Waals surface area contributed by atoms with Crippen molar-refractivity contribution in [2.75, 3.05) is 11.9 Å². The van der Waals surface area contributed by atoms with E-state index in [4.69, 9.17) is 9.47 Å². The van der Waals surface area contributed by atoms with Crippen LogP contribution in [-0.2, 0) is 7.05 Å². The largest absolute Gasteiger partial charge is 0.461 e. The summed E-state index contributed by atoms with van der Waals surface area (Å²) in [4.78, 5) is 12.4. The average Bonchev–Trinajstić information content (AvgIpc) is 2.74. The van der Waals surface area contributed by atoms with Gasteiger partial charge in [-0.05, 0) is 20.8 Å². The van der Waals surface area contributed by atoms with Gasteiger partial charge in [-0.1, -0.05) is 0 Å². The van der Waals surface area contributed by atoms with E-state index in [1.54, 1.807) is 24.1 Å². The quantitative estimate of drug-likeness (QED) is 0.859. The Morgan fingerprint density at radius 2 is 2.00 bits per heavy atom. The number of hydrogen-bond donors (Lipinski definition) is 1. The number of ether oxygens (including phenoxy) is 2. The molecule has 0 aliphatic carbocycles. The van der Waals surface area contributed by atoms with Gasteiger partial charge in [0.25, 0.3) is 0 Å². The highest BCUT2D eigenvalue weighted by Crippen LogP contribution is 2.20. The second-order valence-corrected chi connectivity index (χ2v) is 4.37. The SMILES string of the molecule is CCNc1nc(Oc2cnn(C)c2)nc(OC(C)C)n1. The molecule has 0 fully saturated rings. The van der Waals surface area contributed by atoms with Crippen LogP contribution in [0, 0.1) is 0 Å². The van der Waals surface area contributed by atoms with Gasteiger partial charge >= 0.3 is 12.0 Å². The molecule has 2 aromatic heterocycles. The molecule has 108 valence electrons. The van der Waals surface area contributed by atoms with Crippen molar-refractivity contribution < 1.29 is 9.47 Å². The van der Waals surface area contributed by atoms with E-state index in [0.29, 0.717) is 18.2 Å². The van der Waals surface area contributed by atoms with Gasteiger partial charge < -0.3 is 14.8 Å². The lowest BCUT2D eigenvalue weighted by Gasteiger charge is -2.10. The Morgan fingerprint density at radius 3 is 2.60 bits per heavy atom. The second kappa shape index (κ2) is 6.18. The molecule has 2 heterocycles. The van der Waals surface area contributed by atoms with Gasteiger partial charge in [-0.3, -0.25) is 4.68 Å². The van der Waals surface area contributed by atoms with Gasteiger partial charge in [0.15, 0.2) is 5.75 Å². The number of nitrogens with zero attached hydrogens (tertiary/aromatic N) is 5. The van der Waals surface area contributed by atoms with Gasteiger partial charge in [0.2, 0.25) is 5.95 Å². The van der Waals surface area contributed by atoms with Gasteiger partial charge in [-0.25, -0.2) is 0 Å². The molecular formula is C12H18N6O2. The minimum Gasteiger partial charge on any atom is -0.461 e. The van der Waals surface area contributed by atoms with Gasteiger partial charge in [-0.15, -0.1) is 4.98 Å². The summed E-state index contributed by atoms with van der Waals surface area (Å²) < 4.78 is 12.7. The minimum atomic E-state index is -0.0295. The lowest BCUT2D eigenvalue weighted by molar-refractivity contribution is 0.218. The first-order valence-corrected chi connectivity index (χ1v) is 6.40. The van der Waals surface area contributed by atoms with Crippen LogP contribution in [0.15, 0.2) is 12.4 Å². The number of nitrogens with one attached hydrogen (secondary N) is 1. The smallest absolute Gasteiger partial charge is 0.330 e. The summed E-state index contributed by atoms with van der Waals surface area (Å²) in [6.07, 6.45) is 3.28. The van der Waals surface area contributed by atoms with E-state index in [9.17, 15) is 0 Å². The highest BCUT2D eigenvalue weighted by Gasteiger charge is 2.11. The summed E-state index contributed by atoms with van der Waals surface area (Å²) in [5, 5.41) is 7.03. The molecule has 0 spiro atoms. The van der Waals surface area contributed by atoms with Crippen LogP contribution >= 0.6 is 0 Å². The molecule has 0 aliphatic heterocycles. The Hall–Kier alpha value is -2.38. The fraction of sp³-hybridized carbons (Fsp3) is 0.500. The molecule has 2 rings (SSSR count). The van der Waals surface area contributed by atoms with Crippen molar-refractivity contribution in [2.45, 2.75) is 26.9 Å². The van der Waals surface area contributed by atoms with Crippen molar-refractivity contribution >= 4 is 5.95 Å². The third-order valence-corrected chi connectivity index (χ3v) is 2.16. The number of rotatable bonds is 6. The van der Waals surface area contributed by atoms with E-state index in [1.807, 2.05) is 20.8 Å². The molecule has 0 aromatic carbocycles. The monoisotopic (exact) mass is 278 g/mol. The van der Waals surface area contributed by atoms with Crippen molar-refractivity contribution in [3.05, 3.63) is 12.4 Å². The van der Waals surface area contributed by atoms with E-state index < -0.39 is 0 Å². The fourth-order valence-corrected chi connectivity index (χ4v) is 1.44. The molecule has 0 unspecified atom stereocenters. The van der Waals surface area contributed by atoms with Crippen molar-refractivity contribution in [3.63, 3.8) is 0 Å².